The van der Waals surface area contributed by atoms with E-state index in [-0.39, 0.29) is 0 Å². The predicted molar refractivity (Wildman–Crippen MR) is 82.7 cm³/mol. The van der Waals surface area contributed by atoms with E-state index in [4.69, 9.17) is 9.26 Å². The normalized spacial score (nSPS) is 19.7. The quantitative estimate of drug-likeness (QED) is 0.841. The number of pyridine rings is 1. The second kappa shape index (κ2) is 7.49. The Hall–Kier alpha value is -2.03. The van der Waals surface area contributed by atoms with Crippen molar-refractivity contribution in [3.05, 3.63) is 36.2 Å². The first-order valence-electron chi connectivity index (χ1n) is 7.60. The largest absolute Gasteiger partial charge is 0.390 e. The van der Waals surface area contributed by atoms with E-state index in [2.05, 4.69) is 24.9 Å². The number of aliphatic hydroxyl groups is 1. The van der Waals surface area contributed by atoms with Gasteiger partial charge in [-0.1, -0.05) is 5.16 Å². The summed E-state index contributed by atoms with van der Waals surface area (Å²) in [7, 11) is 1.59. The lowest BCUT2D eigenvalue weighted by atomic mass is 10.3. The molecule has 3 heterocycles. The summed E-state index contributed by atoms with van der Waals surface area (Å²) in [5.74, 6) is 1.08. The van der Waals surface area contributed by atoms with Gasteiger partial charge in [-0.2, -0.15) is 4.98 Å². The van der Waals surface area contributed by atoms with E-state index in [0.29, 0.717) is 38.0 Å². The van der Waals surface area contributed by atoms with Crippen molar-refractivity contribution in [3.63, 3.8) is 0 Å². The van der Waals surface area contributed by atoms with E-state index in [1.165, 1.54) is 0 Å². The summed E-state index contributed by atoms with van der Waals surface area (Å²) in [5.41, 5.74) is 1.07. The molecule has 8 heteroatoms. The van der Waals surface area contributed by atoms with Crippen LogP contribution in [0.3, 0.4) is 0 Å². The number of ether oxygens (including phenoxy) is 1. The molecule has 124 valence electrons. The average molecular weight is 319 g/mol. The van der Waals surface area contributed by atoms with Crippen molar-refractivity contribution in [1.82, 2.24) is 20.0 Å². The van der Waals surface area contributed by atoms with Gasteiger partial charge in [-0.3, -0.25) is 9.88 Å². The fourth-order valence-electron chi connectivity index (χ4n) is 2.72. The van der Waals surface area contributed by atoms with Gasteiger partial charge < -0.3 is 19.3 Å². The number of β-amino-alcohol motifs (C(OH)–C–C–N with tert-alkyl or cyclic N) is 1. The Morgan fingerprint density at radius 2 is 2.13 bits per heavy atom. The third-order valence-electron chi connectivity index (χ3n) is 3.76. The second-order valence-electron chi connectivity index (χ2n) is 5.58. The fourth-order valence-corrected chi connectivity index (χ4v) is 2.72. The molecule has 1 N–H and O–H groups in total. The molecule has 1 fully saturated rings. The number of rotatable bonds is 5. The van der Waals surface area contributed by atoms with Crippen molar-refractivity contribution in [1.29, 1.82) is 0 Å². The molecule has 0 spiro atoms. The maximum Gasteiger partial charge on any atom is 0.240 e. The van der Waals surface area contributed by atoms with Crippen molar-refractivity contribution >= 4 is 5.69 Å². The van der Waals surface area contributed by atoms with Gasteiger partial charge in [0.05, 0.1) is 12.6 Å². The average Bonchev–Trinajstić information content (AvgIpc) is 2.90. The molecule has 0 aliphatic carbocycles. The van der Waals surface area contributed by atoms with E-state index in [1.54, 1.807) is 19.5 Å². The topological polar surface area (TPSA) is 87.8 Å². The number of nitrogens with zero attached hydrogens (tertiary/aromatic N) is 5. The maximum absolute atomic E-state index is 10.3. The molecule has 1 aliphatic rings. The standard InChI is InChI=1S/C15H21N5O3/c1-22-11-14-17-15(23-18-14)10-19-6-7-20(9-13(21)8-19)12-2-4-16-5-3-12/h2-5,13,21H,6-11H2,1H3/t13-/m0/s1. The third-order valence-corrected chi connectivity index (χ3v) is 3.76. The number of anilines is 1. The first-order valence-corrected chi connectivity index (χ1v) is 7.60. The van der Waals surface area contributed by atoms with E-state index in [0.717, 1.165) is 18.8 Å². The molecule has 1 aliphatic heterocycles. The molecule has 1 saturated heterocycles. The number of aliphatic hydroxyl groups excluding tert-OH is 1. The minimum atomic E-state index is -0.438. The summed E-state index contributed by atoms with van der Waals surface area (Å²) in [6.07, 6.45) is 3.09. The van der Waals surface area contributed by atoms with Crippen LogP contribution in [-0.4, -0.2) is 64.5 Å². The molecule has 0 radical (unpaired) electrons. The summed E-state index contributed by atoms with van der Waals surface area (Å²) in [6.45, 7) is 3.66. The number of methoxy groups -OCH3 is 1. The second-order valence-corrected chi connectivity index (χ2v) is 5.58. The molecule has 2 aromatic heterocycles. The molecule has 0 amide bonds. The van der Waals surface area contributed by atoms with Gasteiger partial charge in [-0.05, 0) is 12.1 Å². The molecule has 2 aromatic rings. The number of aromatic nitrogens is 3. The Morgan fingerprint density at radius 1 is 1.30 bits per heavy atom. The molecule has 0 saturated carbocycles. The molecule has 23 heavy (non-hydrogen) atoms. The Balaban J connectivity index is 1.61. The zero-order valence-electron chi connectivity index (χ0n) is 13.1. The number of hydrogen-bond acceptors (Lipinski definition) is 8. The van der Waals surface area contributed by atoms with Crippen molar-refractivity contribution < 1.29 is 14.4 Å². The van der Waals surface area contributed by atoms with Crippen LogP contribution in [0.15, 0.2) is 29.0 Å². The van der Waals surface area contributed by atoms with Crippen LogP contribution in [0.25, 0.3) is 0 Å². The smallest absolute Gasteiger partial charge is 0.240 e. The lowest BCUT2D eigenvalue weighted by molar-refractivity contribution is 0.122. The van der Waals surface area contributed by atoms with Crippen molar-refractivity contribution in [3.8, 4) is 0 Å². The van der Waals surface area contributed by atoms with Crippen molar-refractivity contribution in [2.75, 3.05) is 38.2 Å². The summed E-state index contributed by atoms with van der Waals surface area (Å²) >= 11 is 0. The molecule has 3 rings (SSSR count). The summed E-state index contributed by atoms with van der Waals surface area (Å²) < 4.78 is 10.2. The first kappa shape index (κ1) is 15.9. The Bertz CT molecular complexity index is 606. The van der Waals surface area contributed by atoms with E-state index in [1.807, 2.05) is 12.1 Å². The highest BCUT2D eigenvalue weighted by atomic mass is 16.5. The van der Waals surface area contributed by atoms with Crippen LogP contribution in [0.4, 0.5) is 5.69 Å². The van der Waals surface area contributed by atoms with E-state index in [9.17, 15) is 5.11 Å². The minimum Gasteiger partial charge on any atom is -0.390 e. The third kappa shape index (κ3) is 4.25. The van der Waals surface area contributed by atoms with Gasteiger partial charge >= 0.3 is 0 Å². The minimum absolute atomic E-state index is 0.335. The van der Waals surface area contributed by atoms with Crippen LogP contribution in [0.1, 0.15) is 11.7 Å². The molecular weight excluding hydrogens is 298 g/mol. The van der Waals surface area contributed by atoms with Crippen molar-refractivity contribution in [2.24, 2.45) is 0 Å². The monoisotopic (exact) mass is 319 g/mol. The van der Waals surface area contributed by atoms with Crippen LogP contribution >= 0.6 is 0 Å². The molecule has 1 atom stereocenters. The highest BCUT2D eigenvalue weighted by Crippen LogP contribution is 2.16. The van der Waals surface area contributed by atoms with Gasteiger partial charge in [0.15, 0.2) is 5.82 Å². The summed E-state index contributed by atoms with van der Waals surface area (Å²) in [4.78, 5) is 12.6. The van der Waals surface area contributed by atoms with Gasteiger partial charge in [-0.25, -0.2) is 0 Å². The highest BCUT2D eigenvalue weighted by molar-refractivity contribution is 5.44. The van der Waals surface area contributed by atoms with Gasteiger partial charge in [-0.15, -0.1) is 0 Å². The molecule has 0 aromatic carbocycles. The summed E-state index contributed by atoms with van der Waals surface area (Å²) in [5, 5.41) is 14.1. The molecule has 0 bridgehead atoms. The Morgan fingerprint density at radius 3 is 2.91 bits per heavy atom. The van der Waals surface area contributed by atoms with E-state index >= 15 is 0 Å². The maximum atomic E-state index is 10.3. The molecule has 8 nitrogen and oxygen atoms in total. The Labute approximate surface area is 134 Å². The zero-order chi connectivity index (χ0) is 16.1. The highest BCUT2D eigenvalue weighted by Gasteiger charge is 2.23. The molecular formula is C15H21N5O3. The Kier molecular flexibility index (Phi) is 5.16. The van der Waals surface area contributed by atoms with Gasteiger partial charge in [0, 0.05) is 51.4 Å². The SMILES string of the molecule is COCc1noc(CN2CCN(c3ccncc3)C[C@@H](O)C2)n1. The van der Waals surface area contributed by atoms with Crippen LogP contribution in [0.2, 0.25) is 0 Å². The molecule has 0 unspecified atom stereocenters. The van der Waals surface area contributed by atoms with E-state index < -0.39 is 6.10 Å². The van der Waals surface area contributed by atoms with Gasteiger partial charge in [0.25, 0.3) is 0 Å². The first-order chi connectivity index (χ1) is 11.2. The zero-order valence-corrected chi connectivity index (χ0v) is 13.1. The predicted octanol–water partition coefficient (Wildman–Crippen LogP) is 0.294. The van der Waals surface area contributed by atoms with Crippen LogP contribution in [0.5, 0.6) is 0 Å². The number of hydrogen-bond donors (Lipinski definition) is 1. The van der Waals surface area contributed by atoms with Crippen molar-refractivity contribution in [2.45, 2.75) is 19.3 Å². The van der Waals surface area contributed by atoms with Crippen LogP contribution < -0.4 is 4.90 Å². The van der Waals surface area contributed by atoms with Crippen LogP contribution in [-0.2, 0) is 17.9 Å². The van der Waals surface area contributed by atoms with Crippen LogP contribution in [0, 0.1) is 0 Å². The van der Waals surface area contributed by atoms with Gasteiger partial charge in [0.2, 0.25) is 5.89 Å². The lowest BCUT2D eigenvalue weighted by Crippen LogP contribution is -2.33. The summed E-state index contributed by atoms with van der Waals surface area (Å²) in [6, 6.07) is 3.91. The van der Waals surface area contributed by atoms with Gasteiger partial charge in [0.1, 0.15) is 6.61 Å². The lowest BCUT2D eigenvalue weighted by Gasteiger charge is -2.23. The fraction of sp³-hybridized carbons (Fsp3) is 0.533.